The number of likely N-dealkylation sites (N-methyl/N-ethyl adjacent to an activating group) is 1. The second-order valence-electron chi connectivity index (χ2n) is 6.40. The van der Waals surface area contributed by atoms with Crippen LogP contribution in [0.25, 0.3) is 0 Å². The third-order valence-electron chi connectivity index (χ3n) is 4.01. The molecule has 25 heavy (non-hydrogen) atoms. The quantitative estimate of drug-likeness (QED) is 0.471. The van der Waals surface area contributed by atoms with E-state index in [2.05, 4.69) is 32.8 Å². The highest BCUT2D eigenvalue weighted by atomic mass is 79.9. The van der Waals surface area contributed by atoms with Crippen molar-refractivity contribution in [3.05, 3.63) is 45.7 Å². The minimum absolute atomic E-state index is 0.0514. The van der Waals surface area contributed by atoms with Crippen molar-refractivity contribution in [2.45, 2.75) is 19.9 Å². The Morgan fingerprint density at radius 2 is 2.16 bits per heavy atom. The molecule has 1 heterocycles. The van der Waals surface area contributed by atoms with Crippen molar-refractivity contribution < 1.29 is 9.18 Å². The number of carbonyl (C=O) groups is 1. The van der Waals surface area contributed by atoms with Crippen LogP contribution in [0.3, 0.4) is 0 Å². The highest BCUT2D eigenvalue weighted by Gasteiger charge is 2.23. The van der Waals surface area contributed by atoms with E-state index < -0.39 is 0 Å². The fraction of sp³-hybridized carbons (Fsp3) is 0.444. The number of hydrogen-bond acceptors (Lipinski definition) is 2. The molecule has 0 saturated carbocycles. The smallest absolute Gasteiger partial charge is 0.243 e. The molecule has 0 aromatic heterocycles. The predicted molar refractivity (Wildman–Crippen MR) is 102 cm³/mol. The molecule has 1 N–H and O–H groups in total. The Labute approximate surface area is 156 Å². The largest absolute Gasteiger partial charge is 0.352 e. The summed E-state index contributed by atoms with van der Waals surface area (Å²) in [5.74, 6) is 0.302. The molecule has 0 radical (unpaired) electrons. The number of amides is 1. The molecule has 0 aliphatic carbocycles. The van der Waals surface area contributed by atoms with Gasteiger partial charge in [0.25, 0.3) is 0 Å². The maximum Gasteiger partial charge on any atom is 0.243 e. The van der Waals surface area contributed by atoms with Gasteiger partial charge in [0.1, 0.15) is 12.4 Å². The number of hydrogen-bond donors (Lipinski definition) is 1. The molecule has 1 aromatic carbocycles. The minimum atomic E-state index is -0.216. The summed E-state index contributed by atoms with van der Waals surface area (Å²) in [5.41, 5.74) is 2.63. The summed E-state index contributed by atoms with van der Waals surface area (Å²) < 4.78 is 15.2. The number of carbonyl (C=O) groups excluding carboxylic acids is 1. The molecular weight excluding hydrogens is 387 g/mol. The Balaban J connectivity index is 2.22. The summed E-state index contributed by atoms with van der Waals surface area (Å²) in [6.07, 6.45) is 0.711. The van der Waals surface area contributed by atoms with Crippen LogP contribution in [-0.2, 0) is 17.8 Å². The molecule has 1 aliphatic rings. The van der Waals surface area contributed by atoms with Crippen molar-refractivity contribution in [1.82, 2.24) is 15.1 Å². The van der Waals surface area contributed by atoms with Gasteiger partial charge in [0.2, 0.25) is 5.91 Å². The van der Waals surface area contributed by atoms with Gasteiger partial charge in [0.15, 0.2) is 5.96 Å². The first kappa shape index (κ1) is 19.4. The zero-order valence-corrected chi connectivity index (χ0v) is 16.5. The number of fused-ring (bicyclic) bond motifs is 1. The molecule has 0 unspecified atom stereocenters. The van der Waals surface area contributed by atoms with Crippen molar-refractivity contribution in [2.24, 2.45) is 4.99 Å². The summed E-state index contributed by atoms with van der Waals surface area (Å²) in [4.78, 5) is 19.8. The first-order chi connectivity index (χ1) is 11.8. The van der Waals surface area contributed by atoms with Crippen LogP contribution >= 0.6 is 15.9 Å². The van der Waals surface area contributed by atoms with Crippen LogP contribution in [0.2, 0.25) is 0 Å². The van der Waals surface area contributed by atoms with Crippen LogP contribution in [0, 0.1) is 5.82 Å². The van der Waals surface area contributed by atoms with Gasteiger partial charge in [0, 0.05) is 43.8 Å². The lowest BCUT2D eigenvalue weighted by atomic mass is 9.99. The van der Waals surface area contributed by atoms with Gasteiger partial charge >= 0.3 is 0 Å². The molecule has 0 fully saturated rings. The molecule has 1 amide bonds. The number of guanidine groups is 1. The Morgan fingerprint density at radius 3 is 2.80 bits per heavy atom. The van der Waals surface area contributed by atoms with Gasteiger partial charge in [-0.1, -0.05) is 28.1 Å². The summed E-state index contributed by atoms with van der Waals surface area (Å²) in [5, 5.41) is 3.22. The van der Waals surface area contributed by atoms with Crippen LogP contribution in [0.15, 0.2) is 33.7 Å². The van der Waals surface area contributed by atoms with E-state index in [0.717, 1.165) is 15.6 Å². The fourth-order valence-corrected chi connectivity index (χ4v) is 3.13. The van der Waals surface area contributed by atoms with Gasteiger partial charge in [-0.05, 0) is 31.0 Å². The summed E-state index contributed by atoms with van der Waals surface area (Å²) >= 11 is 3.50. The molecule has 136 valence electrons. The van der Waals surface area contributed by atoms with E-state index in [1.54, 1.807) is 20.2 Å². The highest BCUT2D eigenvalue weighted by Crippen LogP contribution is 2.28. The zero-order chi connectivity index (χ0) is 18.6. The topological polar surface area (TPSA) is 47.9 Å². The second-order valence-corrected chi connectivity index (χ2v) is 7.25. The standard InChI is InChI=1S/C18H24BrFN4O/c1-12(2)9-21-18(22-10-17(25)23(3)4)24-8-7-13-14(11-24)16(20)6-5-15(13)19/h5-6H,1,7-11H2,2-4H3,(H,21,22). The highest BCUT2D eigenvalue weighted by molar-refractivity contribution is 9.10. The van der Waals surface area contributed by atoms with E-state index in [1.165, 1.54) is 11.0 Å². The van der Waals surface area contributed by atoms with Crippen LogP contribution < -0.4 is 5.32 Å². The Hall–Kier alpha value is -1.89. The SMILES string of the molecule is C=C(C)CNC(=NCC(=O)N(C)C)N1CCc2c(Br)ccc(F)c2C1. The number of nitrogens with one attached hydrogen (secondary N) is 1. The van der Waals surface area contributed by atoms with Gasteiger partial charge in [0.05, 0.1) is 0 Å². The molecule has 5 nitrogen and oxygen atoms in total. The van der Waals surface area contributed by atoms with Crippen molar-refractivity contribution in [1.29, 1.82) is 0 Å². The van der Waals surface area contributed by atoms with Gasteiger partial charge in [-0.25, -0.2) is 9.38 Å². The van der Waals surface area contributed by atoms with E-state index in [4.69, 9.17) is 0 Å². The van der Waals surface area contributed by atoms with E-state index in [0.29, 0.717) is 37.6 Å². The van der Waals surface area contributed by atoms with Gasteiger partial charge in [-0.2, -0.15) is 0 Å². The predicted octanol–water partition coefficient (Wildman–Crippen LogP) is 2.56. The second kappa shape index (κ2) is 8.47. The number of halogens is 2. The molecular formula is C18H24BrFN4O. The van der Waals surface area contributed by atoms with Gasteiger partial charge in [-0.15, -0.1) is 0 Å². The maximum absolute atomic E-state index is 14.2. The maximum atomic E-state index is 14.2. The van der Waals surface area contributed by atoms with Crippen molar-refractivity contribution in [3.63, 3.8) is 0 Å². The summed E-state index contributed by atoms with van der Waals surface area (Å²) in [6, 6.07) is 3.22. The third-order valence-corrected chi connectivity index (χ3v) is 4.75. The Bertz CT molecular complexity index is 703. The zero-order valence-electron chi connectivity index (χ0n) is 14.9. The number of nitrogens with zero attached hydrogens (tertiary/aromatic N) is 3. The van der Waals surface area contributed by atoms with Crippen molar-refractivity contribution >= 4 is 27.8 Å². The Kier molecular flexibility index (Phi) is 6.58. The van der Waals surface area contributed by atoms with Crippen LogP contribution in [0.1, 0.15) is 18.1 Å². The van der Waals surface area contributed by atoms with Crippen LogP contribution in [0.5, 0.6) is 0 Å². The number of rotatable bonds is 4. The first-order valence-electron chi connectivity index (χ1n) is 8.13. The molecule has 1 aliphatic heterocycles. The molecule has 7 heteroatoms. The lowest BCUT2D eigenvalue weighted by Crippen LogP contribution is -2.45. The molecule has 1 aromatic rings. The van der Waals surface area contributed by atoms with E-state index >= 15 is 0 Å². The molecule has 0 spiro atoms. The fourth-order valence-electron chi connectivity index (χ4n) is 2.56. The van der Waals surface area contributed by atoms with E-state index in [1.807, 2.05) is 11.8 Å². The third kappa shape index (κ3) is 5.04. The average Bonchev–Trinajstić information content (AvgIpc) is 2.57. The lowest BCUT2D eigenvalue weighted by Gasteiger charge is -2.32. The van der Waals surface area contributed by atoms with E-state index in [-0.39, 0.29) is 18.3 Å². The van der Waals surface area contributed by atoms with Gasteiger partial charge < -0.3 is 15.1 Å². The van der Waals surface area contributed by atoms with Gasteiger partial charge in [-0.3, -0.25) is 4.79 Å². The summed E-state index contributed by atoms with van der Waals surface area (Å²) in [7, 11) is 3.39. The lowest BCUT2D eigenvalue weighted by molar-refractivity contribution is -0.127. The monoisotopic (exact) mass is 410 g/mol. The van der Waals surface area contributed by atoms with E-state index in [9.17, 15) is 9.18 Å². The molecule has 0 atom stereocenters. The van der Waals surface area contributed by atoms with Crippen LogP contribution in [0.4, 0.5) is 4.39 Å². The van der Waals surface area contributed by atoms with Crippen molar-refractivity contribution in [2.75, 3.05) is 33.7 Å². The molecule has 2 rings (SSSR count). The Morgan fingerprint density at radius 1 is 1.44 bits per heavy atom. The number of benzene rings is 1. The van der Waals surface area contributed by atoms with Crippen molar-refractivity contribution in [3.8, 4) is 0 Å². The molecule has 0 saturated heterocycles. The molecule has 0 bridgehead atoms. The minimum Gasteiger partial charge on any atom is -0.352 e. The normalized spacial score (nSPS) is 14.1. The average molecular weight is 411 g/mol. The first-order valence-corrected chi connectivity index (χ1v) is 8.92. The number of aliphatic imine (C=N–C) groups is 1. The summed E-state index contributed by atoms with van der Waals surface area (Å²) in [6.45, 7) is 7.52. The van der Waals surface area contributed by atoms with Crippen LogP contribution in [-0.4, -0.2) is 55.4 Å².